The van der Waals surface area contributed by atoms with Gasteiger partial charge in [0.15, 0.2) is 9.84 Å². The number of halogens is 1. The molecule has 5 nitrogen and oxygen atoms in total. The van der Waals surface area contributed by atoms with Crippen LogP contribution in [0.4, 0.5) is 10.5 Å². The van der Waals surface area contributed by atoms with Crippen LogP contribution in [-0.2, 0) is 9.84 Å². The number of fused-ring (bicyclic) bond motifs is 1. The molecular formula is C17H17BrN2O3S. The Morgan fingerprint density at radius 2 is 1.96 bits per heavy atom. The van der Waals surface area contributed by atoms with Crippen molar-refractivity contribution in [3.05, 3.63) is 58.1 Å². The van der Waals surface area contributed by atoms with Crippen LogP contribution >= 0.6 is 15.9 Å². The summed E-state index contributed by atoms with van der Waals surface area (Å²) in [5.41, 5.74) is 2.35. The monoisotopic (exact) mass is 408 g/mol. The lowest BCUT2D eigenvalue weighted by Crippen LogP contribution is -2.36. The Hall–Kier alpha value is -1.86. The zero-order chi connectivity index (χ0) is 17.3. The molecule has 126 valence electrons. The number of nitrogens with one attached hydrogen (secondary N) is 2. The zero-order valence-corrected chi connectivity index (χ0v) is 15.4. The van der Waals surface area contributed by atoms with Crippen LogP contribution in [0.5, 0.6) is 0 Å². The second kappa shape index (κ2) is 6.57. The van der Waals surface area contributed by atoms with Crippen LogP contribution in [0.3, 0.4) is 0 Å². The second-order valence-electron chi connectivity index (χ2n) is 5.76. The molecule has 1 unspecified atom stereocenters. The number of anilines is 1. The van der Waals surface area contributed by atoms with E-state index in [1.807, 2.05) is 19.1 Å². The largest absolute Gasteiger partial charge is 0.331 e. The zero-order valence-electron chi connectivity index (χ0n) is 13.0. The van der Waals surface area contributed by atoms with Crippen LogP contribution in [-0.4, -0.2) is 20.2 Å². The van der Waals surface area contributed by atoms with Gasteiger partial charge < -0.3 is 10.6 Å². The highest BCUT2D eigenvalue weighted by Crippen LogP contribution is 2.32. The van der Waals surface area contributed by atoms with Crippen molar-refractivity contribution in [3.63, 3.8) is 0 Å². The number of carbonyl (C=O) groups is 1. The quantitative estimate of drug-likeness (QED) is 0.793. The van der Waals surface area contributed by atoms with Gasteiger partial charge in [0.25, 0.3) is 0 Å². The Morgan fingerprint density at radius 3 is 2.71 bits per heavy atom. The van der Waals surface area contributed by atoms with Crippen molar-refractivity contribution < 1.29 is 13.2 Å². The van der Waals surface area contributed by atoms with Crippen molar-refractivity contribution in [3.8, 4) is 0 Å². The van der Waals surface area contributed by atoms with Gasteiger partial charge in [0.05, 0.1) is 16.7 Å². The lowest BCUT2D eigenvalue weighted by molar-refractivity contribution is 0.248. The maximum absolute atomic E-state index is 12.3. The average molecular weight is 409 g/mol. The van der Waals surface area contributed by atoms with Crippen LogP contribution in [0.25, 0.3) is 0 Å². The minimum Gasteiger partial charge on any atom is -0.331 e. The smallest absolute Gasteiger partial charge is 0.319 e. The first-order chi connectivity index (χ1) is 11.4. The Balaban J connectivity index is 1.76. The third kappa shape index (κ3) is 3.47. The number of aryl methyl sites for hydroxylation is 1. The predicted octanol–water partition coefficient (Wildman–Crippen LogP) is 3.80. The highest BCUT2D eigenvalue weighted by molar-refractivity contribution is 9.10. The molecule has 0 bridgehead atoms. The number of carbonyl (C=O) groups excluding carboxylic acids is 1. The van der Waals surface area contributed by atoms with E-state index >= 15 is 0 Å². The molecule has 1 aliphatic rings. The van der Waals surface area contributed by atoms with Crippen molar-refractivity contribution in [1.82, 2.24) is 5.32 Å². The number of urea groups is 1. The van der Waals surface area contributed by atoms with E-state index in [1.165, 1.54) is 0 Å². The van der Waals surface area contributed by atoms with Gasteiger partial charge in [-0.25, -0.2) is 13.2 Å². The summed E-state index contributed by atoms with van der Waals surface area (Å²) in [5, 5.41) is 5.66. The number of rotatable bonds is 2. The molecule has 1 atom stereocenters. The van der Waals surface area contributed by atoms with E-state index < -0.39 is 9.84 Å². The van der Waals surface area contributed by atoms with E-state index in [2.05, 4.69) is 26.6 Å². The van der Waals surface area contributed by atoms with Crippen molar-refractivity contribution >= 4 is 37.5 Å². The summed E-state index contributed by atoms with van der Waals surface area (Å²) in [6.07, 6.45) is 0.367. The van der Waals surface area contributed by atoms with Crippen molar-refractivity contribution in [1.29, 1.82) is 0 Å². The molecule has 0 saturated carbocycles. The molecular weight excluding hydrogens is 392 g/mol. The van der Waals surface area contributed by atoms with E-state index in [0.717, 1.165) is 10.0 Å². The topological polar surface area (TPSA) is 75.3 Å². The molecule has 2 amide bonds. The third-order valence-electron chi connectivity index (χ3n) is 4.03. The Labute approximate surface area is 149 Å². The van der Waals surface area contributed by atoms with Gasteiger partial charge in [-0.3, -0.25) is 0 Å². The van der Waals surface area contributed by atoms with E-state index in [-0.39, 0.29) is 17.8 Å². The molecule has 0 fully saturated rings. The molecule has 1 aliphatic heterocycles. The van der Waals surface area contributed by atoms with Crippen LogP contribution < -0.4 is 10.6 Å². The summed E-state index contributed by atoms with van der Waals surface area (Å²) in [5.74, 6) is 0.0341. The third-order valence-corrected chi connectivity index (χ3v) is 6.73. The van der Waals surface area contributed by atoms with Crippen LogP contribution in [0.2, 0.25) is 0 Å². The van der Waals surface area contributed by atoms with Crippen molar-refractivity contribution in [2.24, 2.45) is 0 Å². The fraction of sp³-hybridized carbons (Fsp3) is 0.235. The van der Waals surface area contributed by atoms with E-state index in [1.54, 1.807) is 30.3 Å². The van der Waals surface area contributed by atoms with Crippen LogP contribution in [0.15, 0.2) is 51.8 Å². The minimum absolute atomic E-state index is 0.0341. The number of hydrogen-bond donors (Lipinski definition) is 2. The summed E-state index contributed by atoms with van der Waals surface area (Å²) in [7, 11) is -3.26. The molecule has 0 spiro atoms. The van der Waals surface area contributed by atoms with E-state index in [4.69, 9.17) is 0 Å². The maximum atomic E-state index is 12.3. The summed E-state index contributed by atoms with van der Waals surface area (Å²) in [4.78, 5) is 12.6. The Morgan fingerprint density at radius 1 is 1.21 bits per heavy atom. The lowest BCUT2D eigenvalue weighted by atomic mass is 10.0. The van der Waals surface area contributed by atoms with Crippen molar-refractivity contribution in [2.45, 2.75) is 24.3 Å². The van der Waals surface area contributed by atoms with Gasteiger partial charge in [-0.1, -0.05) is 34.1 Å². The molecule has 0 saturated heterocycles. The first-order valence-electron chi connectivity index (χ1n) is 7.52. The van der Waals surface area contributed by atoms with Gasteiger partial charge in [-0.05, 0) is 48.7 Å². The summed E-state index contributed by atoms with van der Waals surface area (Å²) in [6.45, 7) is 1.94. The average Bonchev–Trinajstić information content (AvgIpc) is 2.54. The molecule has 7 heteroatoms. The highest BCUT2D eigenvalue weighted by atomic mass is 79.9. The molecule has 2 aromatic rings. The first-order valence-corrected chi connectivity index (χ1v) is 9.97. The van der Waals surface area contributed by atoms with Gasteiger partial charge in [-0.15, -0.1) is 0 Å². The SMILES string of the molecule is Cc1cc(NC(=O)NC2CCS(=O)(=O)c3ccccc32)ccc1Br. The number of sulfone groups is 1. The maximum Gasteiger partial charge on any atom is 0.319 e. The summed E-state index contributed by atoms with van der Waals surface area (Å²) in [6, 6.07) is 11.7. The van der Waals surface area contributed by atoms with Gasteiger partial charge in [0.1, 0.15) is 0 Å². The summed E-state index contributed by atoms with van der Waals surface area (Å²) >= 11 is 3.42. The van der Waals surface area contributed by atoms with Gasteiger partial charge in [0.2, 0.25) is 0 Å². The van der Waals surface area contributed by atoms with E-state index in [9.17, 15) is 13.2 Å². The molecule has 24 heavy (non-hydrogen) atoms. The number of benzene rings is 2. The Bertz CT molecular complexity index is 896. The van der Waals surface area contributed by atoms with Gasteiger partial charge in [0, 0.05) is 10.2 Å². The standard InChI is InChI=1S/C17H17BrN2O3S/c1-11-10-12(6-7-14(11)18)19-17(21)20-15-8-9-24(22,23)16-5-3-2-4-13(15)16/h2-7,10,15H,8-9H2,1H3,(H2,19,20,21). The van der Waals surface area contributed by atoms with Gasteiger partial charge >= 0.3 is 6.03 Å². The molecule has 2 N–H and O–H groups in total. The predicted molar refractivity (Wildman–Crippen MR) is 96.9 cm³/mol. The summed E-state index contributed by atoms with van der Waals surface area (Å²) < 4.78 is 25.2. The fourth-order valence-electron chi connectivity index (χ4n) is 2.79. The first kappa shape index (κ1) is 17.0. The van der Waals surface area contributed by atoms with Crippen LogP contribution in [0, 0.1) is 6.92 Å². The van der Waals surface area contributed by atoms with Crippen molar-refractivity contribution in [2.75, 3.05) is 11.1 Å². The fourth-order valence-corrected chi connectivity index (χ4v) is 4.66. The van der Waals surface area contributed by atoms with E-state index in [0.29, 0.717) is 22.6 Å². The number of hydrogen-bond acceptors (Lipinski definition) is 3. The number of amides is 2. The van der Waals surface area contributed by atoms with Crippen LogP contribution in [0.1, 0.15) is 23.6 Å². The van der Waals surface area contributed by atoms with Gasteiger partial charge in [-0.2, -0.15) is 0 Å². The molecule has 0 aromatic heterocycles. The lowest BCUT2D eigenvalue weighted by Gasteiger charge is -2.26. The highest BCUT2D eigenvalue weighted by Gasteiger charge is 2.30. The second-order valence-corrected chi connectivity index (χ2v) is 8.69. The molecule has 0 aliphatic carbocycles. The molecule has 2 aromatic carbocycles. The Kier molecular flexibility index (Phi) is 4.64. The molecule has 1 heterocycles. The minimum atomic E-state index is -3.26. The molecule has 0 radical (unpaired) electrons. The normalized spacial score (nSPS) is 18.5. The molecule has 3 rings (SSSR count).